The molecule has 2 heteroatoms. The Balaban J connectivity index is 2.15. The van der Waals surface area contributed by atoms with E-state index in [0.29, 0.717) is 0 Å². The summed E-state index contributed by atoms with van der Waals surface area (Å²) in [5.41, 5.74) is 3.76. The Bertz CT molecular complexity index is 691. The first-order chi connectivity index (χ1) is 11.5. The average Bonchev–Trinajstić information content (AvgIpc) is 2.83. The summed E-state index contributed by atoms with van der Waals surface area (Å²) in [5.74, 6) is 0.0829. The van der Waals surface area contributed by atoms with E-state index in [0.717, 1.165) is 19.3 Å². The van der Waals surface area contributed by atoms with Crippen molar-refractivity contribution >= 4 is 11.4 Å². The monoisotopic (exact) mass is 321 g/mol. The van der Waals surface area contributed by atoms with Gasteiger partial charge in [-0.3, -0.25) is 4.79 Å². The van der Waals surface area contributed by atoms with Crippen LogP contribution in [0.25, 0.3) is 5.57 Å². The largest absolute Gasteiger partial charge is 0.382 e. The Morgan fingerprint density at radius 1 is 1.12 bits per heavy atom. The molecule has 0 saturated carbocycles. The normalized spacial score (nSPS) is 22.7. The number of allylic oxidation sites excluding steroid dienone is 4. The van der Waals surface area contributed by atoms with Crippen LogP contribution in [-0.2, 0) is 4.79 Å². The fourth-order valence-electron chi connectivity index (χ4n) is 3.94. The maximum atomic E-state index is 11.7. The molecule has 1 saturated heterocycles. The summed E-state index contributed by atoms with van der Waals surface area (Å²) in [7, 11) is 0. The molecule has 0 amide bonds. The number of carbonyl (C=O) groups excluding carboxylic acids is 1. The SMILES string of the molecule is CCCCC(=C1NC(C)(C)CC12C=CC(=O)C=C2)c1ccccc1. The van der Waals surface area contributed by atoms with Crippen LogP contribution in [0.15, 0.2) is 60.3 Å². The molecule has 0 radical (unpaired) electrons. The molecule has 0 atom stereocenters. The highest BCUT2D eigenvalue weighted by atomic mass is 16.1. The molecule has 1 aliphatic heterocycles. The summed E-state index contributed by atoms with van der Waals surface area (Å²) in [6.45, 7) is 6.71. The van der Waals surface area contributed by atoms with Gasteiger partial charge in [0.15, 0.2) is 5.78 Å². The van der Waals surface area contributed by atoms with Crippen molar-refractivity contribution in [1.82, 2.24) is 5.32 Å². The predicted octanol–water partition coefficient (Wildman–Crippen LogP) is 5.04. The molecule has 0 aromatic heterocycles. The first-order valence-corrected chi connectivity index (χ1v) is 8.95. The van der Waals surface area contributed by atoms with Crippen LogP contribution >= 0.6 is 0 Å². The fourth-order valence-corrected chi connectivity index (χ4v) is 3.94. The van der Waals surface area contributed by atoms with E-state index in [1.54, 1.807) is 12.2 Å². The molecule has 2 aliphatic rings. The third-order valence-corrected chi connectivity index (χ3v) is 4.96. The summed E-state index contributed by atoms with van der Waals surface area (Å²) >= 11 is 0. The molecule has 1 heterocycles. The average molecular weight is 321 g/mol. The van der Waals surface area contributed by atoms with Gasteiger partial charge in [-0.25, -0.2) is 0 Å². The second-order valence-corrected chi connectivity index (χ2v) is 7.62. The van der Waals surface area contributed by atoms with Gasteiger partial charge in [0.05, 0.1) is 0 Å². The van der Waals surface area contributed by atoms with Crippen LogP contribution in [0.3, 0.4) is 0 Å². The Labute approximate surface area is 145 Å². The van der Waals surface area contributed by atoms with Gasteiger partial charge >= 0.3 is 0 Å². The Morgan fingerprint density at radius 2 is 1.79 bits per heavy atom. The molecule has 2 nitrogen and oxygen atoms in total. The van der Waals surface area contributed by atoms with Crippen molar-refractivity contribution in [3.63, 3.8) is 0 Å². The van der Waals surface area contributed by atoms with Crippen LogP contribution < -0.4 is 5.32 Å². The molecule has 1 aromatic carbocycles. The molecule has 126 valence electrons. The van der Waals surface area contributed by atoms with Gasteiger partial charge in [-0.1, -0.05) is 55.8 Å². The zero-order valence-electron chi connectivity index (χ0n) is 14.9. The van der Waals surface area contributed by atoms with Crippen LogP contribution in [0.5, 0.6) is 0 Å². The molecule has 0 bridgehead atoms. The molecule has 1 aromatic rings. The van der Waals surface area contributed by atoms with Crippen molar-refractivity contribution < 1.29 is 4.79 Å². The predicted molar refractivity (Wildman–Crippen MR) is 100 cm³/mol. The van der Waals surface area contributed by atoms with Crippen molar-refractivity contribution in [3.05, 3.63) is 65.9 Å². The number of hydrogen-bond acceptors (Lipinski definition) is 2. The lowest BCUT2D eigenvalue weighted by Gasteiger charge is -2.27. The van der Waals surface area contributed by atoms with Crippen LogP contribution in [0, 0.1) is 5.41 Å². The smallest absolute Gasteiger partial charge is 0.178 e. The topological polar surface area (TPSA) is 29.1 Å². The summed E-state index contributed by atoms with van der Waals surface area (Å²) < 4.78 is 0. The van der Waals surface area contributed by atoms with E-state index in [9.17, 15) is 4.79 Å². The van der Waals surface area contributed by atoms with Crippen molar-refractivity contribution in [2.45, 2.75) is 52.0 Å². The summed E-state index contributed by atoms with van der Waals surface area (Å²) in [6.07, 6.45) is 12.0. The van der Waals surface area contributed by atoms with Gasteiger partial charge in [-0.2, -0.15) is 0 Å². The summed E-state index contributed by atoms with van der Waals surface area (Å²) in [6, 6.07) is 10.7. The van der Waals surface area contributed by atoms with Crippen molar-refractivity contribution in [2.24, 2.45) is 5.41 Å². The van der Waals surface area contributed by atoms with E-state index >= 15 is 0 Å². The summed E-state index contributed by atoms with van der Waals surface area (Å²) in [4.78, 5) is 11.7. The summed E-state index contributed by atoms with van der Waals surface area (Å²) in [5, 5.41) is 3.78. The minimum atomic E-state index is -0.184. The van der Waals surface area contributed by atoms with Gasteiger partial charge < -0.3 is 5.32 Å². The standard InChI is InChI=1S/C22H27NO/c1-4-5-11-19(17-9-7-6-8-10-17)20-22(16-21(2,3)23-20)14-12-18(24)13-15-22/h6-10,12-15,23H,4-5,11,16H2,1-3H3. The third kappa shape index (κ3) is 3.24. The number of hydrogen-bond donors (Lipinski definition) is 1. The van der Waals surface area contributed by atoms with Gasteiger partial charge in [0.2, 0.25) is 0 Å². The molecule has 1 N–H and O–H groups in total. The zero-order valence-corrected chi connectivity index (χ0v) is 14.9. The van der Waals surface area contributed by atoms with Crippen molar-refractivity contribution in [1.29, 1.82) is 0 Å². The van der Waals surface area contributed by atoms with Crippen LogP contribution in [-0.4, -0.2) is 11.3 Å². The quantitative estimate of drug-likeness (QED) is 0.841. The lowest BCUT2D eigenvalue weighted by Crippen LogP contribution is -2.31. The van der Waals surface area contributed by atoms with E-state index < -0.39 is 0 Å². The second-order valence-electron chi connectivity index (χ2n) is 7.62. The first-order valence-electron chi connectivity index (χ1n) is 8.95. The molecule has 1 spiro atoms. The van der Waals surface area contributed by atoms with Gasteiger partial charge in [0.1, 0.15) is 0 Å². The highest BCUT2D eigenvalue weighted by molar-refractivity contribution is 6.00. The molecule has 3 rings (SSSR count). The van der Waals surface area contributed by atoms with E-state index in [4.69, 9.17) is 0 Å². The van der Waals surface area contributed by atoms with Gasteiger partial charge in [-0.05, 0) is 56.4 Å². The molecular formula is C22H27NO. The number of nitrogens with one attached hydrogen (secondary N) is 1. The van der Waals surface area contributed by atoms with Crippen LogP contribution in [0.4, 0.5) is 0 Å². The Morgan fingerprint density at radius 3 is 2.42 bits per heavy atom. The molecule has 1 fully saturated rings. The van der Waals surface area contributed by atoms with Gasteiger partial charge in [0.25, 0.3) is 0 Å². The van der Waals surface area contributed by atoms with Gasteiger partial charge in [0, 0.05) is 16.7 Å². The molecule has 24 heavy (non-hydrogen) atoms. The van der Waals surface area contributed by atoms with E-state index in [2.05, 4.69) is 68.6 Å². The fraction of sp³-hybridized carbons (Fsp3) is 0.409. The lowest BCUT2D eigenvalue weighted by atomic mass is 9.75. The minimum absolute atomic E-state index is 0.0106. The maximum Gasteiger partial charge on any atom is 0.178 e. The number of ketones is 1. The second kappa shape index (κ2) is 6.43. The zero-order chi connectivity index (χ0) is 17.2. The molecular weight excluding hydrogens is 294 g/mol. The van der Waals surface area contributed by atoms with Crippen LogP contribution in [0.1, 0.15) is 52.0 Å². The molecule has 0 unspecified atom stereocenters. The van der Waals surface area contributed by atoms with E-state index in [1.807, 2.05) is 0 Å². The Hall–Kier alpha value is -2.09. The number of benzene rings is 1. The number of unbranched alkanes of at least 4 members (excludes halogenated alkanes) is 1. The van der Waals surface area contributed by atoms with E-state index in [1.165, 1.54) is 23.3 Å². The highest BCUT2D eigenvalue weighted by Crippen LogP contribution is 2.49. The first kappa shape index (κ1) is 16.8. The highest BCUT2D eigenvalue weighted by Gasteiger charge is 2.46. The van der Waals surface area contributed by atoms with Gasteiger partial charge in [-0.15, -0.1) is 0 Å². The molecule has 1 aliphatic carbocycles. The van der Waals surface area contributed by atoms with E-state index in [-0.39, 0.29) is 16.7 Å². The van der Waals surface area contributed by atoms with Crippen molar-refractivity contribution in [3.8, 4) is 0 Å². The third-order valence-electron chi connectivity index (χ3n) is 4.96. The van der Waals surface area contributed by atoms with Crippen molar-refractivity contribution in [2.75, 3.05) is 0 Å². The van der Waals surface area contributed by atoms with Crippen LogP contribution in [0.2, 0.25) is 0 Å². The number of carbonyl (C=O) groups is 1. The minimum Gasteiger partial charge on any atom is -0.382 e. The Kier molecular flexibility index (Phi) is 4.49. The maximum absolute atomic E-state index is 11.7. The number of rotatable bonds is 4. The lowest BCUT2D eigenvalue weighted by molar-refractivity contribution is -0.110.